The third-order valence-corrected chi connectivity index (χ3v) is 3.11. The molecule has 0 radical (unpaired) electrons. The minimum Gasteiger partial charge on any atom is -0.477 e. The Morgan fingerprint density at radius 3 is 2.53 bits per heavy atom. The van der Waals surface area contributed by atoms with E-state index >= 15 is 0 Å². The SMILES string of the molecule is N#C/C(=C\c1ccc(-c2ccc(I)cc2)o1)C(=O)O. The first kappa shape index (κ1) is 13.4. The maximum atomic E-state index is 10.7. The molecule has 1 aromatic carbocycles. The number of aliphatic carboxylic acids is 1. The van der Waals surface area contributed by atoms with E-state index in [4.69, 9.17) is 14.8 Å². The molecule has 0 bridgehead atoms. The molecule has 0 atom stereocenters. The Kier molecular flexibility index (Phi) is 4.02. The molecule has 1 aromatic heterocycles. The predicted octanol–water partition coefficient (Wildman–Crippen LogP) is 3.54. The summed E-state index contributed by atoms with van der Waals surface area (Å²) < 4.78 is 6.62. The monoisotopic (exact) mass is 365 g/mol. The van der Waals surface area contributed by atoms with Crippen molar-refractivity contribution in [3.05, 3.63) is 51.3 Å². The van der Waals surface area contributed by atoms with Crippen molar-refractivity contribution in [2.24, 2.45) is 0 Å². The van der Waals surface area contributed by atoms with Crippen LogP contribution in [0.1, 0.15) is 5.76 Å². The zero-order valence-electron chi connectivity index (χ0n) is 9.63. The van der Waals surface area contributed by atoms with Crippen LogP contribution in [0.25, 0.3) is 17.4 Å². The summed E-state index contributed by atoms with van der Waals surface area (Å²) in [5, 5.41) is 17.4. The minimum atomic E-state index is -1.27. The van der Waals surface area contributed by atoms with E-state index in [9.17, 15) is 4.79 Å². The number of hydrogen-bond acceptors (Lipinski definition) is 3. The molecule has 0 saturated carbocycles. The van der Waals surface area contributed by atoms with Gasteiger partial charge < -0.3 is 9.52 Å². The smallest absolute Gasteiger partial charge is 0.346 e. The van der Waals surface area contributed by atoms with Gasteiger partial charge in [-0.2, -0.15) is 5.26 Å². The molecule has 0 amide bonds. The maximum Gasteiger partial charge on any atom is 0.346 e. The highest BCUT2D eigenvalue weighted by atomic mass is 127. The van der Waals surface area contributed by atoms with E-state index in [0.29, 0.717) is 11.5 Å². The van der Waals surface area contributed by atoms with E-state index in [-0.39, 0.29) is 5.57 Å². The lowest BCUT2D eigenvalue weighted by molar-refractivity contribution is -0.132. The topological polar surface area (TPSA) is 74.2 Å². The second kappa shape index (κ2) is 5.71. The highest BCUT2D eigenvalue weighted by Gasteiger charge is 2.08. The molecule has 4 nitrogen and oxygen atoms in total. The molecule has 0 aliphatic heterocycles. The lowest BCUT2D eigenvalue weighted by Gasteiger charge is -1.96. The van der Waals surface area contributed by atoms with E-state index in [1.54, 1.807) is 18.2 Å². The molecule has 1 N–H and O–H groups in total. The molecule has 0 spiro atoms. The number of nitriles is 1. The van der Waals surface area contributed by atoms with E-state index in [1.165, 1.54) is 6.08 Å². The fourth-order valence-electron chi connectivity index (χ4n) is 1.48. The van der Waals surface area contributed by atoms with Crippen molar-refractivity contribution in [3.63, 3.8) is 0 Å². The summed E-state index contributed by atoms with van der Waals surface area (Å²) >= 11 is 2.21. The molecule has 2 aromatic rings. The standard InChI is InChI=1S/C14H8INO3/c15-11-3-1-9(2-4-11)13-6-5-12(19-13)7-10(8-16)14(17)18/h1-7H,(H,17,18)/b10-7+. The lowest BCUT2D eigenvalue weighted by atomic mass is 10.2. The van der Waals surface area contributed by atoms with Gasteiger partial charge in [-0.1, -0.05) is 12.1 Å². The quantitative estimate of drug-likeness (QED) is 0.513. The lowest BCUT2D eigenvalue weighted by Crippen LogP contribution is -1.96. The van der Waals surface area contributed by atoms with Crippen molar-refractivity contribution in [2.45, 2.75) is 0 Å². The second-order valence-corrected chi connectivity index (χ2v) is 4.93. The van der Waals surface area contributed by atoms with Crippen LogP contribution in [0.5, 0.6) is 0 Å². The Morgan fingerprint density at radius 1 is 1.26 bits per heavy atom. The zero-order valence-corrected chi connectivity index (χ0v) is 11.8. The fourth-order valence-corrected chi connectivity index (χ4v) is 1.84. The van der Waals surface area contributed by atoms with Gasteiger partial charge in [0.25, 0.3) is 0 Å². The predicted molar refractivity (Wildman–Crippen MR) is 78.1 cm³/mol. The molecule has 0 unspecified atom stereocenters. The summed E-state index contributed by atoms with van der Waals surface area (Å²) in [7, 11) is 0. The normalized spacial score (nSPS) is 11.1. The summed E-state index contributed by atoms with van der Waals surface area (Å²) in [6.07, 6.45) is 1.21. The van der Waals surface area contributed by atoms with Gasteiger partial charge in [-0.25, -0.2) is 4.79 Å². The Hall–Kier alpha value is -2.07. The summed E-state index contributed by atoms with van der Waals surface area (Å²) in [6.45, 7) is 0. The first-order valence-electron chi connectivity index (χ1n) is 5.31. The number of hydrogen-bond donors (Lipinski definition) is 1. The molecule has 0 fully saturated rings. The van der Waals surface area contributed by atoms with Crippen LogP contribution >= 0.6 is 22.6 Å². The number of furan rings is 1. The zero-order chi connectivity index (χ0) is 13.8. The molecule has 0 aliphatic rings. The summed E-state index contributed by atoms with van der Waals surface area (Å²) in [6, 6.07) is 12.7. The number of benzene rings is 1. The van der Waals surface area contributed by atoms with Gasteiger partial charge in [0.15, 0.2) is 0 Å². The fraction of sp³-hybridized carbons (Fsp3) is 0. The molecular weight excluding hydrogens is 357 g/mol. The molecule has 0 aliphatic carbocycles. The van der Waals surface area contributed by atoms with Gasteiger partial charge in [-0.05, 0) is 46.9 Å². The average molecular weight is 365 g/mol. The first-order chi connectivity index (χ1) is 9.10. The van der Waals surface area contributed by atoms with Gasteiger partial charge >= 0.3 is 5.97 Å². The second-order valence-electron chi connectivity index (χ2n) is 3.68. The van der Waals surface area contributed by atoms with Crippen LogP contribution < -0.4 is 0 Å². The Labute approximate surface area is 123 Å². The van der Waals surface area contributed by atoms with E-state index in [2.05, 4.69) is 22.6 Å². The molecule has 2 rings (SSSR count). The third-order valence-electron chi connectivity index (χ3n) is 2.39. The van der Waals surface area contributed by atoms with Crippen LogP contribution in [0.2, 0.25) is 0 Å². The van der Waals surface area contributed by atoms with Crippen LogP contribution in [0.4, 0.5) is 0 Å². The maximum absolute atomic E-state index is 10.7. The van der Waals surface area contributed by atoms with Crippen molar-refractivity contribution in [1.82, 2.24) is 0 Å². The highest BCUT2D eigenvalue weighted by Crippen LogP contribution is 2.24. The van der Waals surface area contributed by atoms with E-state index in [0.717, 1.165) is 9.13 Å². The van der Waals surface area contributed by atoms with E-state index < -0.39 is 5.97 Å². The summed E-state index contributed by atoms with van der Waals surface area (Å²) in [4.78, 5) is 10.7. The Bertz CT molecular complexity index is 677. The van der Waals surface area contributed by atoms with Crippen molar-refractivity contribution in [2.75, 3.05) is 0 Å². The van der Waals surface area contributed by atoms with Gasteiger partial charge in [0, 0.05) is 15.2 Å². The number of carboxylic acid groups (broad SMARTS) is 1. The van der Waals surface area contributed by atoms with Crippen molar-refractivity contribution < 1.29 is 14.3 Å². The number of rotatable bonds is 3. The highest BCUT2D eigenvalue weighted by molar-refractivity contribution is 14.1. The van der Waals surface area contributed by atoms with Crippen LogP contribution in [-0.4, -0.2) is 11.1 Å². The largest absolute Gasteiger partial charge is 0.477 e. The number of halogens is 1. The molecule has 19 heavy (non-hydrogen) atoms. The van der Waals surface area contributed by atoms with Gasteiger partial charge in [0.05, 0.1) is 0 Å². The third kappa shape index (κ3) is 3.23. The van der Waals surface area contributed by atoms with Gasteiger partial charge in [0.1, 0.15) is 23.2 Å². The first-order valence-corrected chi connectivity index (χ1v) is 6.39. The summed E-state index contributed by atoms with van der Waals surface area (Å²) in [5.41, 5.74) is 0.539. The van der Waals surface area contributed by atoms with Crippen molar-refractivity contribution in [1.29, 1.82) is 5.26 Å². The number of carboxylic acids is 1. The van der Waals surface area contributed by atoms with Gasteiger partial charge in [-0.15, -0.1) is 0 Å². The Morgan fingerprint density at radius 2 is 1.95 bits per heavy atom. The van der Waals surface area contributed by atoms with Crippen LogP contribution in [-0.2, 0) is 4.79 Å². The van der Waals surface area contributed by atoms with Gasteiger partial charge in [-0.3, -0.25) is 0 Å². The van der Waals surface area contributed by atoms with Crippen LogP contribution in [0.3, 0.4) is 0 Å². The number of nitrogens with zero attached hydrogens (tertiary/aromatic N) is 1. The van der Waals surface area contributed by atoms with Gasteiger partial charge in [0.2, 0.25) is 0 Å². The average Bonchev–Trinajstić information content (AvgIpc) is 2.85. The molecular formula is C14H8INO3. The molecule has 94 valence electrons. The van der Waals surface area contributed by atoms with Crippen molar-refractivity contribution >= 4 is 34.6 Å². The summed E-state index contributed by atoms with van der Waals surface area (Å²) in [5.74, 6) is -0.299. The van der Waals surface area contributed by atoms with Crippen LogP contribution in [0, 0.1) is 14.9 Å². The Balaban J connectivity index is 2.32. The molecule has 1 heterocycles. The number of carbonyl (C=O) groups is 1. The minimum absolute atomic E-state index is 0.340. The van der Waals surface area contributed by atoms with E-state index in [1.807, 2.05) is 24.3 Å². The molecule has 0 saturated heterocycles. The van der Waals surface area contributed by atoms with Crippen molar-refractivity contribution in [3.8, 4) is 17.4 Å². The molecule has 5 heteroatoms. The van der Waals surface area contributed by atoms with Crippen LogP contribution in [0.15, 0.2) is 46.4 Å².